The lowest BCUT2D eigenvalue weighted by atomic mass is 10.2. The van der Waals surface area contributed by atoms with Gasteiger partial charge in [-0.1, -0.05) is 53.2 Å². The highest BCUT2D eigenvalue weighted by atomic mass is 16.5. The number of amidine groups is 1. The van der Waals surface area contributed by atoms with E-state index in [0.717, 1.165) is 31.7 Å². The average Bonchev–Trinajstić information content (AvgIpc) is 2.52. The summed E-state index contributed by atoms with van der Waals surface area (Å²) in [5, 5.41) is 1.59. The van der Waals surface area contributed by atoms with E-state index in [4.69, 9.17) is 10.6 Å². The molecule has 5 nitrogen and oxygen atoms in total. The van der Waals surface area contributed by atoms with Crippen LogP contribution in [0.5, 0.6) is 0 Å². The van der Waals surface area contributed by atoms with Crippen molar-refractivity contribution >= 4 is 5.84 Å². The topological polar surface area (TPSA) is 82.3 Å². The van der Waals surface area contributed by atoms with Crippen LogP contribution in [-0.2, 0) is 4.74 Å². The maximum Gasteiger partial charge on any atom is 0.113 e. The predicted octanol–water partition coefficient (Wildman–Crippen LogP) is 3.59. The number of nitrogens with zero attached hydrogens (tertiary/aromatic N) is 2. The van der Waals surface area contributed by atoms with Crippen molar-refractivity contribution in [1.29, 1.82) is 0 Å². The van der Waals surface area contributed by atoms with E-state index in [9.17, 15) is 0 Å². The molecule has 0 aliphatic heterocycles. The van der Waals surface area contributed by atoms with Gasteiger partial charge in [-0.25, -0.2) is 5.84 Å². The summed E-state index contributed by atoms with van der Waals surface area (Å²) in [7, 11) is 1.83. The maximum absolute atomic E-state index is 5.72. The molecule has 0 rings (SSSR count). The quantitative estimate of drug-likeness (QED) is 0.176. The number of rotatable bonds is 9. The minimum absolute atomic E-state index is 0. The van der Waals surface area contributed by atoms with Crippen molar-refractivity contribution in [2.75, 3.05) is 26.8 Å². The molecule has 0 spiro atoms. The molecule has 0 aromatic rings. The van der Waals surface area contributed by atoms with Gasteiger partial charge in [0.25, 0.3) is 0 Å². The van der Waals surface area contributed by atoms with Crippen molar-refractivity contribution in [3.05, 3.63) is 12.2 Å². The minimum Gasteiger partial charge on any atom is -0.412 e. The molecule has 0 atom stereocenters. The van der Waals surface area contributed by atoms with Gasteiger partial charge in [-0.05, 0) is 19.8 Å². The Morgan fingerprint density at radius 2 is 1.77 bits per heavy atom. The Morgan fingerprint density at radius 1 is 1.18 bits per heavy atom. The van der Waals surface area contributed by atoms with Crippen molar-refractivity contribution in [1.82, 2.24) is 5.01 Å². The number of allylic oxidation sites excluding steroid dienone is 2. The Bertz CT molecular complexity index is 230. The first kappa shape index (κ1) is 29.1. The molecule has 5 heteroatoms. The third kappa shape index (κ3) is 24.1. The van der Waals surface area contributed by atoms with Gasteiger partial charge in [0.2, 0.25) is 0 Å². The summed E-state index contributed by atoms with van der Waals surface area (Å²) in [6.07, 6.45) is 8.32. The third-order valence-corrected chi connectivity index (χ3v) is 2.35. The predicted molar refractivity (Wildman–Crippen MR) is 100 cm³/mol. The highest BCUT2D eigenvalue weighted by Gasteiger charge is 2.00. The molecule has 4 N–H and O–H groups in total. The zero-order chi connectivity index (χ0) is 16.9. The summed E-state index contributed by atoms with van der Waals surface area (Å²) in [6.45, 7) is 14.4. The number of ether oxygens (including phenoxy) is 1. The van der Waals surface area contributed by atoms with E-state index in [2.05, 4.69) is 18.0 Å². The van der Waals surface area contributed by atoms with Gasteiger partial charge < -0.3 is 15.2 Å². The molecular formula is C17H41N3O2. The number of hydrazine groups is 1. The van der Waals surface area contributed by atoms with Crippen molar-refractivity contribution in [3.8, 4) is 0 Å². The molecular weight excluding hydrogens is 278 g/mol. The Balaban J connectivity index is -0.000000297. The molecule has 136 valence electrons. The van der Waals surface area contributed by atoms with Crippen LogP contribution >= 0.6 is 0 Å². The molecule has 22 heavy (non-hydrogen) atoms. The first-order valence-corrected chi connectivity index (χ1v) is 8.43. The van der Waals surface area contributed by atoms with E-state index in [1.54, 1.807) is 5.01 Å². The number of aliphatic imine (C=N–C) groups is 1. The summed E-state index contributed by atoms with van der Waals surface area (Å²) in [4.78, 5) is 4.45. The van der Waals surface area contributed by atoms with E-state index >= 15 is 0 Å². The van der Waals surface area contributed by atoms with Gasteiger partial charge in [0.15, 0.2) is 0 Å². The van der Waals surface area contributed by atoms with Gasteiger partial charge in [0, 0.05) is 20.1 Å². The Hall–Kier alpha value is -0.910. The van der Waals surface area contributed by atoms with Crippen LogP contribution in [0, 0.1) is 0 Å². The molecule has 0 aromatic heterocycles. The zero-order valence-corrected chi connectivity index (χ0v) is 16.0. The lowest BCUT2D eigenvalue weighted by Gasteiger charge is -2.14. The Kier molecular flexibility index (Phi) is 37.5. The number of nitrogens with two attached hydrogens (primary N) is 1. The second kappa shape index (κ2) is 28.3. The summed E-state index contributed by atoms with van der Waals surface area (Å²) >= 11 is 0. The Morgan fingerprint density at radius 3 is 2.23 bits per heavy atom. The molecule has 0 aromatic carbocycles. The van der Waals surface area contributed by atoms with Gasteiger partial charge in [-0.15, -0.1) is 0 Å². The largest absolute Gasteiger partial charge is 0.412 e. The molecule has 0 fully saturated rings. The van der Waals surface area contributed by atoms with Crippen molar-refractivity contribution in [2.24, 2.45) is 10.8 Å². The van der Waals surface area contributed by atoms with Crippen LogP contribution in [0.15, 0.2) is 17.1 Å². The van der Waals surface area contributed by atoms with Crippen LogP contribution < -0.4 is 5.84 Å². The van der Waals surface area contributed by atoms with Crippen LogP contribution in [0.25, 0.3) is 0 Å². The van der Waals surface area contributed by atoms with E-state index in [1.165, 1.54) is 6.42 Å². The van der Waals surface area contributed by atoms with Crippen LogP contribution in [0.4, 0.5) is 0 Å². The fourth-order valence-electron chi connectivity index (χ4n) is 1.33. The summed E-state index contributed by atoms with van der Waals surface area (Å²) < 4.78 is 5.45. The smallest absolute Gasteiger partial charge is 0.113 e. The van der Waals surface area contributed by atoms with Crippen molar-refractivity contribution in [2.45, 2.75) is 67.2 Å². The molecule has 0 amide bonds. The monoisotopic (exact) mass is 319 g/mol. The normalized spacial score (nSPS) is 10.1. The van der Waals surface area contributed by atoms with Gasteiger partial charge in [0.05, 0.1) is 13.2 Å². The molecule has 0 unspecified atom stereocenters. The van der Waals surface area contributed by atoms with Gasteiger partial charge >= 0.3 is 0 Å². The van der Waals surface area contributed by atoms with E-state index < -0.39 is 0 Å². The van der Waals surface area contributed by atoms with Crippen molar-refractivity contribution in [3.63, 3.8) is 0 Å². The van der Waals surface area contributed by atoms with Crippen LogP contribution in [0.2, 0.25) is 0 Å². The summed E-state index contributed by atoms with van der Waals surface area (Å²) in [6, 6.07) is 0. The molecule has 0 aliphatic carbocycles. The van der Waals surface area contributed by atoms with Crippen LogP contribution in [0.1, 0.15) is 67.2 Å². The highest BCUT2D eigenvalue weighted by molar-refractivity contribution is 5.81. The molecule has 0 aliphatic rings. The molecule has 0 saturated heterocycles. The second-order valence-corrected chi connectivity index (χ2v) is 3.98. The second-order valence-electron chi connectivity index (χ2n) is 3.98. The molecule has 0 bridgehead atoms. The standard InChI is InChI=1S/C13H27N3O.2C2H6.H2O/c1-4-6-8-9-13(16(3)14)15-10-12-17-11-7-5-2;2*1-2;/h4,6H,5,7-12,14H2,1-3H3;2*1-2H3;1H2/b6-4-,15-13?;;;. The summed E-state index contributed by atoms with van der Waals surface area (Å²) in [5.41, 5.74) is 0. The van der Waals surface area contributed by atoms with Crippen molar-refractivity contribution < 1.29 is 10.2 Å². The fraction of sp³-hybridized carbons (Fsp3) is 0.824. The molecule has 0 saturated carbocycles. The number of hydrogen-bond donors (Lipinski definition) is 1. The van der Waals surface area contributed by atoms with Crippen LogP contribution in [0.3, 0.4) is 0 Å². The summed E-state index contributed by atoms with van der Waals surface area (Å²) in [5.74, 6) is 6.65. The molecule has 0 heterocycles. The first-order chi connectivity index (χ1) is 10.2. The van der Waals surface area contributed by atoms with Gasteiger partial charge in [-0.2, -0.15) is 0 Å². The average molecular weight is 320 g/mol. The molecule has 0 radical (unpaired) electrons. The lowest BCUT2D eigenvalue weighted by molar-refractivity contribution is 0.138. The number of hydrogen-bond acceptors (Lipinski definition) is 3. The Labute approximate surface area is 138 Å². The van der Waals surface area contributed by atoms with E-state index in [0.29, 0.717) is 13.2 Å². The van der Waals surface area contributed by atoms with Crippen LogP contribution in [-0.4, -0.2) is 43.1 Å². The zero-order valence-electron chi connectivity index (χ0n) is 16.0. The maximum atomic E-state index is 5.72. The fourth-order valence-corrected chi connectivity index (χ4v) is 1.33. The first-order valence-electron chi connectivity index (χ1n) is 8.43. The van der Waals surface area contributed by atoms with E-state index in [1.807, 2.05) is 47.7 Å². The number of unbranched alkanes of at least 4 members (excludes halogenated alkanes) is 1. The third-order valence-electron chi connectivity index (χ3n) is 2.35. The lowest BCUT2D eigenvalue weighted by Crippen LogP contribution is -2.33. The highest BCUT2D eigenvalue weighted by Crippen LogP contribution is 1.97. The van der Waals surface area contributed by atoms with E-state index in [-0.39, 0.29) is 5.48 Å². The SMILES string of the molecule is C/C=C\CCC(=NCCOCCCC)N(C)N.CC.CC.O. The van der Waals surface area contributed by atoms with Gasteiger partial charge in [0.1, 0.15) is 5.84 Å². The van der Waals surface area contributed by atoms with Gasteiger partial charge in [-0.3, -0.25) is 4.99 Å². The minimum atomic E-state index is 0.